The predicted octanol–water partition coefficient (Wildman–Crippen LogP) is 3.75. The Morgan fingerprint density at radius 3 is 3.00 bits per heavy atom. The van der Waals surface area contributed by atoms with Gasteiger partial charge in [-0.3, -0.25) is 0 Å². The third kappa shape index (κ3) is 2.33. The molecule has 1 aliphatic rings. The van der Waals surface area contributed by atoms with E-state index in [0.717, 1.165) is 19.3 Å². The van der Waals surface area contributed by atoms with Gasteiger partial charge in [0.15, 0.2) is 0 Å². The molecule has 0 amide bonds. The average Bonchev–Trinajstić information content (AvgIpc) is 2.81. The molecule has 0 aliphatic heterocycles. The highest BCUT2D eigenvalue weighted by atomic mass is 32.1. The molecule has 0 spiro atoms. The van der Waals surface area contributed by atoms with Crippen molar-refractivity contribution in [3.05, 3.63) is 39.7 Å². The van der Waals surface area contributed by atoms with Gasteiger partial charge < -0.3 is 5.73 Å². The Kier molecular flexibility index (Phi) is 3.42. The van der Waals surface area contributed by atoms with E-state index in [-0.39, 0.29) is 6.04 Å². The molecule has 2 aromatic rings. The highest BCUT2D eigenvalue weighted by molar-refractivity contribution is 7.12. The second kappa shape index (κ2) is 5.06. The second-order valence-corrected chi connectivity index (χ2v) is 6.61. The molecule has 0 bridgehead atoms. The van der Waals surface area contributed by atoms with E-state index in [0.29, 0.717) is 5.92 Å². The van der Waals surface area contributed by atoms with Crippen molar-refractivity contribution in [3.8, 4) is 11.3 Å². The van der Waals surface area contributed by atoms with E-state index in [9.17, 15) is 0 Å². The largest absolute Gasteiger partial charge is 0.327 e. The lowest BCUT2D eigenvalue weighted by molar-refractivity contribution is 0.644. The summed E-state index contributed by atoms with van der Waals surface area (Å²) in [4.78, 5) is 6.29. The van der Waals surface area contributed by atoms with Gasteiger partial charge in [-0.1, -0.05) is 38.1 Å². The fraction of sp³-hybridized carbons (Fsp3) is 0.438. The molecule has 2 unspecified atom stereocenters. The molecule has 0 saturated heterocycles. The minimum Gasteiger partial charge on any atom is -0.327 e. The lowest BCUT2D eigenvalue weighted by Crippen LogP contribution is -2.21. The molecule has 3 rings (SSSR count). The van der Waals surface area contributed by atoms with E-state index >= 15 is 0 Å². The molecule has 0 fully saturated rings. The highest BCUT2D eigenvalue weighted by Gasteiger charge is 2.25. The Hall–Kier alpha value is -1.19. The van der Waals surface area contributed by atoms with Crippen LogP contribution in [0.1, 0.15) is 41.6 Å². The standard InChI is InChI=1S/C16H20N2S/c1-3-11(17)9-15-18-16-13-7-5-4-6-12(13)10(2)8-14(16)19-15/h4-7,10-11H,3,8-9,17H2,1-2H3. The molecule has 2 atom stereocenters. The zero-order chi connectivity index (χ0) is 13.4. The lowest BCUT2D eigenvalue weighted by atomic mass is 9.86. The molecule has 0 radical (unpaired) electrons. The summed E-state index contributed by atoms with van der Waals surface area (Å²) < 4.78 is 0. The van der Waals surface area contributed by atoms with Crippen LogP contribution in [-0.2, 0) is 12.8 Å². The van der Waals surface area contributed by atoms with Gasteiger partial charge in [-0.05, 0) is 24.3 Å². The van der Waals surface area contributed by atoms with Crippen LogP contribution in [0.15, 0.2) is 24.3 Å². The maximum Gasteiger partial charge on any atom is 0.0950 e. The van der Waals surface area contributed by atoms with Gasteiger partial charge in [0.05, 0.1) is 10.7 Å². The van der Waals surface area contributed by atoms with Crippen molar-refractivity contribution in [2.24, 2.45) is 5.73 Å². The number of thiazole rings is 1. The molecular formula is C16H20N2S. The molecule has 19 heavy (non-hydrogen) atoms. The summed E-state index contributed by atoms with van der Waals surface area (Å²) in [6.45, 7) is 4.44. The number of hydrogen-bond acceptors (Lipinski definition) is 3. The van der Waals surface area contributed by atoms with Crippen molar-refractivity contribution in [1.82, 2.24) is 4.98 Å². The highest BCUT2D eigenvalue weighted by Crippen LogP contribution is 2.41. The van der Waals surface area contributed by atoms with Crippen LogP contribution in [0.3, 0.4) is 0 Å². The Bertz CT molecular complexity index is 588. The normalized spacial score (nSPS) is 18.8. The zero-order valence-electron chi connectivity index (χ0n) is 11.5. The van der Waals surface area contributed by atoms with E-state index in [1.165, 1.54) is 26.7 Å². The van der Waals surface area contributed by atoms with Crippen LogP contribution >= 0.6 is 11.3 Å². The summed E-state index contributed by atoms with van der Waals surface area (Å²) in [6, 6.07) is 8.91. The topological polar surface area (TPSA) is 38.9 Å². The van der Waals surface area contributed by atoms with Crippen molar-refractivity contribution < 1.29 is 0 Å². The Balaban J connectivity index is 2.00. The number of hydrogen-bond donors (Lipinski definition) is 1. The zero-order valence-corrected chi connectivity index (χ0v) is 12.3. The summed E-state index contributed by atoms with van der Waals surface area (Å²) in [6.07, 6.45) is 3.04. The summed E-state index contributed by atoms with van der Waals surface area (Å²) >= 11 is 1.86. The number of aromatic nitrogens is 1. The van der Waals surface area contributed by atoms with Crippen molar-refractivity contribution in [2.75, 3.05) is 0 Å². The van der Waals surface area contributed by atoms with Gasteiger partial charge in [0, 0.05) is 22.9 Å². The first-order chi connectivity index (χ1) is 9.19. The Morgan fingerprint density at radius 1 is 1.42 bits per heavy atom. The minimum absolute atomic E-state index is 0.236. The first-order valence-corrected chi connectivity index (χ1v) is 7.84. The number of nitrogens with zero attached hydrogens (tertiary/aromatic N) is 1. The molecule has 100 valence electrons. The van der Waals surface area contributed by atoms with Crippen molar-refractivity contribution >= 4 is 11.3 Å². The number of rotatable bonds is 3. The van der Waals surface area contributed by atoms with Crippen LogP contribution in [0.2, 0.25) is 0 Å². The van der Waals surface area contributed by atoms with Crippen LogP contribution in [0.4, 0.5) is 0 Å². The molecule has 1 aromatic carbocycles. The van der Waals surface area contributed by atoms with Gasteiger partial charge in [0.2, 0.25) is 0 Å². The number of benzene rings is 1. The summed E-state index contributed by atoms with van der Waals surface area (Å²) in [5.74, 6) is 0.594. The van der Waals surface area contributed by atoms with Crippen LogP contribution in [-0.4, -0.2) is 11.0 Å². The van der Waals surface area contributed by atoms with Gasteiger partial charge in [-0.2, -0.15) is 0 Å². The molecule has 1 heterocycles. The van der Waals surface area contributed by atoms with Crippen LogP contribution < -0.4 is 5.73 Å². The van der Waals surface area contributed by atoms with Gasteiger partial charge in [0.25, 0.3) is 0 Å². The molecule has 2 nitrogen and oxygen atoms in total. The molecule has 3 heteroatoms. The number of nitrogens with two attached hydrogens (primary N) is 1. The molecule has 0 saturated carbocycles. The summed E-state index contributed by atoms with van der Waals surface area (Å²) in [5.41, 5.74) is 10.0. The predicted molar refractivity (Wildman–Crippen MR) is 81.6 cm³/mol. The van der Waals surface area contributed by atoms with Gasteiger partial charge in [0.1, 0.15) is 0 Å². The van der Waals surface area contributed by atoms with E-state index in [4.69, 9.17) is 10.7 Å². The van der Waals surface area contributed by atoms with Crippen molar-refractivity contribution in [2.45, 2.75) is 45.1 Å². The smallest absolute Gasteiger partial charge is 0.0950 e. The Morgan fingerprint density at radius 2 is 2.21 bits per heavy atom. The Labute approximate surface area is 118 Å². The average molecular weight is 272 g/mol. The molecule has 1 aromatic heterocycles. The summed E-state index contributed by atoms with van der Waals surface area (Å²) in [7, 11) is 0. The van der Waals surface area contributed by atoms with Crippen LogP contribution in [0.5, 0.6) is 0 Å². The monoisotopic (exact) mass is 272 g/mol. The molecule has 2 N–H and O–H groups in total. The first kappa shape index (κ1) is 12.8. The van der Waals surface area contributed by atoms with E-state index in [1.54, 1.807) is 0 Å². The third-order valence-corrected chi connectivity index (χ3v) is 5.04. The fourth-order valence-corrected chi connectivity index (χ4v) is 4.04. The van der Waals surface area contributed by atoms with Gasteiger partial charge in [-0.15, -0.1) is 11.3 Å². The lowest BCUT2D eigenvalue weighted by Gasteiger charge is -2.21. The second-order valence-electron chi connectivity index (χ2n) is 5.44. The van der Waals surface area contributed by atoms with E-state index in [2.05, 4.69) is 38.1 Å². The number of fused-ring (bicyclic) bond motifs is 3. The molecule has 1 aliphatic carbocycles. The minimum atomic E-state index is 0.236. The van der Waals surface area contributed by atoms with Gasteiger partial charge >= 0.3 is 0 Å². The first-order valence-electron chi connectivity index (χ1n) is 7.02. The maximum atomic E-state index is 6.05. The fourth-order valence-electron chi connectivity index (χ4n) is 2.74. The van der Waals surface area contributed by atoms with Crippen LogP contribution in [0.25, 0.3) is 11.3 Å². The SMILES string of the molecule is CCC(N)Cc1nc2c(s1)CC(C)c1ccccc1-2. The molecular weight excluding hydrogens is 252 g/mol. The van der Waals surface area contributed by atoms with Crippen molar-refractivity contribution in [1.29, 1.82) is 0 Å². The van der Waals surface area contributed by atoms with Gasteiger partial charge in [-0.25, -0.2) is 4.98 Å². The van der Waals surface area contributed by atoms with E-state index in [1.807, 2.05) is 11.3 Å². The quantitative estimate of drug-likeness (QED) is 0.924. The van der Waals surface area contributed by atoms with Crippen molar-refractivity contribution in [3.63, 3.8) is 0 Å². The maximum absolute atomic E-state index is 6.05. The third-order valence-electron chi connectivity index (χ3n) is 3.94. The summed E-state index contributed by atoms with van der Waals surface area (Å²) in [5, 5.41) is 1.20. The van der Waals surface area contributed by atoms with E-state index < -0.39 is 0 Å². The van der Waals surface area contributed by atoms with Crippen LogP contribution in [0, 0.1) is 0 Å².